The second-order valence-corrected chi connectivity index (χ2v) is 6.26. The fraction of sp³-hybridized carbons (Fsp3) is 0.529. The number of aliphatic carboxylic acids is 1. The number of aryl methyl sites for hydroxylation is 1. The number of hydrogen-bond donors (Lipinski definition) is 2. The van der Waals surface area contributed by atoms with Crippen LogP contribution in [0.15, 0.2) is 24.3 Å². The molecule has 5 nitrogen and oxygen atoms in total. The number of carbonyl (C=O) groups excluding carboxylic acids is 2. The Labute approximate surface area is 131 Å². The molecule has 1 aromatic rings. The molecule has 2 rings (SSSR count). The molecule has 0 radical (unpaired) electrons. The molecule has 0 unspecified atom stereocenters. The standard InChI is InChI=1S/C17H24N2O3/c1-11(2)10-15(16(20)21)19-17(22)18-14-9-5-7-12-6-3-4-8-13(12)14/h3-4,6,8,11,14-15H,5,7,9-10H2,1-2H3,(H,20,21)(H2,18,19,22)/p-1/t14-,15+/m1/s1. The Balaban J connectivity index is 1.99. The molecule has 1 aliphatic rings. The number of nitrogens with one attached hydrogen (secondary N) is 2. The molecule has 0 saturated carbocycles. The lowest BCUT2D eigenvalue weighted by Crippen LogP contribution is -2.52. The van der Waals surface area contributed by atoms with Crippen molar-refractivity contribution in [3.8, 4) is 0 Å². The number of carboxylic acid groups (broad SMARTS) is 1. The van der Waals surface area contributed by atoms with Gasteiger partial charge in [0, 0.05) is 0 Å². The number of carbonyl (C=O) groups is 2. The minimum Gasteiger partial charge on any atom is -0.548 e. The molecule has 1 aliphatic carbocycles. The van der Waals surface area contributed by atoms with Gasteiger partial charge in [-0.3, -0.25) is 0 Å². The van der Waals surface area contributed by atoms with E-state index in [1.54, 1.807) is 0 Å². The maximum atomic E-state index is 12.1. The maximum Gasteiger partial charge on any atom is 0.315 e. The van der Waals surface area contributed by atoms with Crippen LogP contribution in [-0.2, 0) is 11.2 Å². The largest absolute Gasteiger partial charge is 0.548 e. The lowest BCUT2D eigenvalue weighted by Gasteiger charge is -2.28. The highest BCUT2D eigenvalue weighted by Crippen LogP contribution is 2.29. The Morgan fingerprint density at radius 2 is 2.05 bits per heavy atom. The lowest BCUT2D eigenvalue weighted by molar-refractivity contribution is -0.308. The Kier molecular flexibility index (Phi) is 5.41. The second kappa shape index (κ2) is 7.29. The quantitative estimate of drug-likeness (QED) is 0.865. The summed E-state index contributed by atoms with van der Waals surface area (Å²) in [5.41, 5.74) is 2.37. The van der Waals surface area contributed by atoms with E-state index in [2.05, 4.69) is 16.7 Å². The number of rotatable bonds is 5. The van der Waals surface area contributed by atoms with Gasteiger partial charge in [-0.15, -0.1) is 0 Å². The van der Waals surface area contributed by atoms with Crippen molar-refractivity contribution in [3.05, 3.63) is 35.4 Å². The summed E-state index contributed by atoms with van der Waals surface area (Å²) in [5.74, 6) is -1.08. The minimum atomic E-state index is -1.24. The van der Waals surface area contributed by atoms with E-state index < -0.39 is 18.0 Å². The van der Waals surface area contributed by atoms with Crippen LogP contribution in [0.3, 0.4) is 0 Å². The molecule has 0 aliphatic heterocycles. The smallest absolute Gasteiger partial charge is 0.315 e. The van der Waals surface area contributed by atoms with E-state index in [4.69, 9.17) is 0 Å². The zero-order valence-corrected chi connectivity index (χ0v) is 13.1. The van der Waals surface area contributed by atoms with Gasteiger partial charge in [0.2, 0.25) is 0 Å². The number of benzene rings is 1. The number of hydrogen-bond acceptors (Lipinski definition) is 3. The molecule has 1 aromatic carbocycles. The number of amides is 2. The van der Waals surface area contributed by atoms with E-state index in [1.807, 2.05) is 32.0 Å². The topological polar surface area (TPSA) is 81.3 Å². The molecule has 5 heteroatoms. The zero-order chi connectivity index (χ0) is 16.1. The van der Waals surface area contributed by atoms with Gasteiger partial charge in [-0.2, -0.15) is 0 Å². The molecule has 0 heterocycles. The van der Waals surface area contributed by atoms with Crippen molar-refractivity contribution in [2.45, 2.75) is 51.6 Å². The van der Waals surface area contributed by atoms with Crippen molar-refractivity contribution < 1.29 is 14.7 Å². The van der Waals surface area contributed by atoms with Crippen LogP contribution in [0.2, 0.25) is 0 Å². The molecule has 2 amide bonds. The molecule has 120 valence electrons. The van der Waals surface area contributed by atoms with E-state index in [1.165, 1.54) is 5.56 Å². The maximum absolute atomic E-state index is 12.1. The first-order valence-electron chi connectivity index (χ1n) is 7.83. The molecule has 22 heavy (non-hydrogen) atoms. The van der Waals surface area contributed by atoms with Crippen molar-refractivity contribution in [1.82, 2.24) is 10.6 Å². The van der Waals surface area contributed by atoms with Gasteiger partial charge in [-0.25, -0.2) is 4.79 Å². The summed E-state index contributed by atoms with van der Waals surface area (Å²) in [7, 11) is 0. The first kappa shape index (κ1) is 16.3. The summed E-state index contributed by atoms with van der Waals surface area (Å²) in [6.07, 6.45) is 3.25. The highest BCUT2D eigenvalue weighted by atomic mass is 16.4. The number of carboxylic acids is 1. The monoisotopic (exact) mass is 303 g/mol. The van der Waals surface area contributed by atoms with Crippen LogP contribution in [0.4, 0.5) is 4.79 Å². The van der Waals surface area contributed by atoms with Crippen molar-refractivity contribution in [2.24, 2.45) is 5.92 Å². The van der Waals surface area contributed by atoms with Gasteiger partial charge in [0.25, 0.3) is 0 Å². The minimum absolute atomic E-state index is 0.0635. The molecule has 0 fully saturated rings. The molecule has 2 atom stereocenters. The number of urea groups is 1. The third-order valence-electron chi connectivity index (χ3n) is 3.97. The van der Waals surface area contributed by atoms with Crippen LogP contribution < -0.4 is 15.7 Å². The van der Waals surface area contributed by atoms with Crippen molar-refractivity contribution >= 4 is 12.0 Å². The van der Waals surface area contributed by atoms with Crippen LogP contribution in [0, 0.1) is 5.92 Å². The summed E-state index contributed by atoms with van der Waals surface area (Å²) in [6.45, 7) is 3.82. The van der Waals surface area contributed by atoms with Gasteiger partial charge in [0.1, 0.15) is 0 Å². The van der Waals surface area contributed by atoms with E-state index in [9.17, 15) is 14.7 Å². The van der Waals surface area contributed by atoms with Gasteiger partial charge in [0.15, 0.2) is 0 Å². The molecule has 0 aromatic heterocycles. The van der Waals surface area contributed by atoms with E-state index in [-0.39, 0.29) is 12.0 Å². The third kappa shape index (κ3) is 4.23. The fourth-order valence-electron chi connectivity index (χ4n) is 2.95. The molecule has 2 N–H and O–H groups in total. The van der Waals surface area contributed by atoms with Gasteiger partial charge < -0.3 is 20.5 Å². The number of fused-ring (bicyclic) bond motifs is 1. The van der Waals surface area contributed by atoms with Crippen LogP contribution in [0.25, 0.3) is 0 Å². The lowest BCUT2D eigenvalue weighted by atomic mass is 9.88. The summed E-state index contributed by atoms with van der Waals surface area (Å²) in [5, 5.41) is 16.5. The predicted octanol–water partition coefficient (Wildman–Crippen LogP) is 1.53. The van der Waals surface area contributed by atoms with Crippen molar-refractivity contribution in [3.63, 3.8) is 0 Å². The normalized spacial score (nSPS) is 18.4. The molecular weight excluding hydrogens is 280 g/mol. The predicted molar refractivity (Wildman–Crippen MR) is 82.0 cm³/mol. The van der Waals surface area contributed by atoms with Crippen LogP contribution in [0.1, 0.15) is 50.3 Å². The Bertz CT molecular complexity index is 542. The van der Waals surface area contributed by atoms with Crippen molar-refractivity contribution in [1.29, 1.82) is 0 Å². The Morgan fingerprint density at radius 3 is 2.73 bits per heavy atom. The summed E-state index contributed by atoms with van der Waals surface area (Å²) >= 11 is 0. The highest BCUT2D eigenvalue weighted by molar-refractivity contribution is 5.81. The van der Waals surface area contributed by atoms with Crippen LogP contribution >= 0.6 is 0 Å². The van der Waals surface area contributed by atoms with Gasteiger partial charge >= 0.3 is 6.03 Å². The average molecular weight is 303 g/mol. The summed E-state index contributed by atoms with van der Waals surface area (Å²) in [6, 6.07) is 6.57. The van der Waals surface area contributed by atoms with E-state index in [0.717, 1.165) is 24.8 Å². The van der Waals surface area contributed by atoms with E-state index >= 15 is 0 Å². The molecule has 0 spiro atoms. The zero-order valence-electron chi connectivity index (χ0n) is 13.1. The average Bonchev–Trinajstić information content (AvgIpc) is 2.46. The summed E-state index contributed by atoms with van der Waals surface area (Å²) in [4.78, 5) is 23.2. The van der Waals surface area contributed by atoms with Gasteiger partial charge in [-0.1, -0.05) is 38.1 Å². The first-order chi connectivity index (χ1) is 10.5. The van der Waals surface area contributed by atoms with Gasteiger partial charge in [0.05, 0.1) is 18.1 Å². The van der Waals surface area contributed by atoms with E-state index in [0.29, 0.717) is 6.42 Å². The van der Waals surface area contributed by atoms with Crippen LogP contribution in [0.5, 0.6) is 0 Å². The highest BCUT2D eigenvalue weighted by Gasteiger charge is 2.22. The Hall–Kier alpha value is -2.04. The Morgan fingerprint density at radius 1 is 1.32 bits per heavy atom. The summed E-state index contributed by atoms with van der Waals surface area (Å²) < 4.78 is 0. The molecular formula is C17H23N2O3-. The second-order valence-electron chi connectivity index (χ2n) is 6.26. The SMILES string of the molecule is CC(C)C[C@H](NC(=O)N[C@@H]1CCCc2ccccc21)C(=O)[O-]. The van der Waals surface area contributed by atoms with Crippen molar-refractivity contribution in [2.75, 3.05) is 0 Å². The fourth-order valence-corrected chi connectivity index (χ4v) is 2.95. The first-order valence-corrected chi connectivity index (χ1v) is 7.83. The van der Waals surface area contributed by atoms with Crippen LogP contribution in [-0.4, -0.2) is 18.0 Å². The molecule has 0 bridgehead atoms. The molecule has 0 saturated heterocycles. The third-order valence-corrected chi connectivity index (χ3v) is 3.97. The van der Waals surface area contributed by atoms with Gasteiger partial charge in [-0.05, 0) is 42.7 Å².